The maximum Gasteiger partial charge on any atom is 0.310 e. The second-order valence-electron chi connectivity index (χ2n) is 17.2. The summed E-state index contributed by atoms with van der Waals surface area (Å²) >= 11 is 0. The minimum Gasteiger partial charge on any atom is -0.508 e. The number of hydrogen-bond donors (Lipinski definition) is 3. The van der Waals surface area contributed by atoms with Gasteiger partial charge in [-0.1, -0.05) is 78.0 Å². The molecule has 0 aromatic heterocycles. The number of phenolic OH excluding ortho intramolecular Hbond substituents is 1. The molecule has 1 aromatic rings. The third-order valence-electron chi connectivity index (χ3n) is 15.1. The van der Waals surface area contributed by atoms with Gasteiger partial charge in [-0.25, -0.2) is 0 Å². The summed E-state index contributed by atoms with van der Waals surface area (Å²) in [5.41, 5.74) is 0.816. The highest BCUT2D eigenvalue weighted by molar-refractivity contribution is 5.77. The number of aromatic hydroxyl groups is 1. The van der Waals surface area contributed by atoms with Crippen molar-refractivity contribution < 1.29 is 24.9 Å². The number of ether oxygens (including phenoxy) is 1. The lowest BCUT2D eigenvalue weighted by atomic mass is 9.33. The Hall–Kier alpha value is -2.53. The van der Waals surface area contributed by atoms with Crippen molar-refractivity contribution in [3.8, 4) is 5.75 Å². The third kappa shape index (κ3) is 4.60. The predicted octanol–water partition coefficient (Wildman–Crippen LogP) is 9.16. The molecule has 0 radical (unpaired) electrons. The summed E-state index contributed by atoms with van der Waals surface area (Å²) in [5.74, 6) is 1.05. The van der Waals surface area contributed by atoms with Crippen LogP contribution in [0.1, 0.15) is 112 Å². The fourth-order valence-electron chi connectivity index (χ4n) is 12.0. The monoisotopic (exact) mass is 616 g/mol. The van der Waals surface area contributed by atoms with Gasteiger partial charge < -0.3 is 20.1 Å². The maximum atomic E-state index is 13.0. The van der Waals surface area contributed by atoms with Crippen molar-refractivity contribution in [1.82, 2.24) is 0 Å². The van der Waals surface area contributed by atoms with Crippen LogP contribution in [0.4, 0.5) is 0 Å². The Morgan fingerprint density at radius 2 is 1.60 bits per heavy atom. The fraction of sp³-hybridized carbons (Fsp3) is 0.675. The number of hydrogen-bond acceptors (Lipinski definition) is 4. The highest BCUT2D eigenvalue weighted by Gasteiger charge is 2.70. The van der Waals surface area contributed by atoms with Crippen LogP contribution in [-0.2, 0) is 9.53 Å². The molecule has 0 spiro atoms. The molecular weight excluding hydrogens is 560 g/mol. The molecule has 5 aliphatic carbocycles. The van der Waals surface area contributed by atoms with Gasteiger partial charge >= 0.3 is 5.97 Å². The first-order valence-corrected chi connectivity index (χ1v) is 17.4. The van der Waals surface area contributed by atoms with Gasteiger partial charge in [-0.15, -0.1) is 0 Å². The van der Waals surface area contributed by atoms with Gasteiger partial charge in [-0.2, -0.15) is 0 Å². The van der Waals surface area contributed by atoms with Gasteiger partial charge in [0, 0.05) is 11.3 Å². The Bertz CT molecular complexity index is 1420. The zero-order valence-corrected chi connectivity index (χ0v) is 28.7. The summed E-state index contributed by atoms with van der Waals surface area (Å²) in [5, 5.41) is 31.7. The molecule has 3 N–H and O–H groups in total. The number of aliphatic carboxylic acids is 1. The smallest absolute Gasteiger partial charge is 0.310 e. The second-order valence-corrected chi connectivity index (χ2v) is 17.2. The van der Waals surface area contributed by atoms with Gasteiger partial charge in [0.15, 0.2) is 0 Å². The zero-order chi connectivity index (χ0) is 32.8. The zero-order valence-electron chi connectivity index (χ0n) is 28.7. The Balaban J connectivity index is 1.28. The molecule has 4 saturated carbocycles. The summed E-state index contributed by atoms with van der Waals surface area (Å²) in [6.07, 6.45) is 14.5. The van der Waals surface area contributed by atoms with E-state index in [4.69, 9.17) is 4.74 Å². The van der Waals surface area contributed by atoms with Gasteiger partial charge in [0.1, 0.15) is 17.6 Å². The van der Waals surface area contributed by atoms with Crippen LogP contribution in [0.15, 0.2) is 54.3 Å². The maximum absolute atomic E-state index is 13.0. The van der Waals surface area contributed by atoms with Crippen LogP contribution in [0.5, 0.6) is 5.75 Å². The van der Waals surface area contributed by atoms with Crippen molar-refractivity contribution >= 4 is 12.0 Å². The van der Waals surface area contributed by atoms with Crippen LogP contribution in [0.25, 0.3) is 6.08 Å². The summed E-state index contributed by atoms with van der Waals surface area (Å²) in [6, 6.07) is 7.13. The predicted molar refractivity (Wildman–Crippen MR) is 179 cm³/mol. The Kier molecular flexibility index (Phi) is 7.55. The lowest BCUT2D eigenvalue weighted by Gasteiger charge is -2.71. The Labute approximate surface area is 270 Å². The Morgan fingerprint density at radius 3 is 2.27 bits per heavy atom. The largest absolute Gasteiger partial charge is 0.508 e. The lowest BCUT2D eigenvalue weighted by Crippen LogP contribution is -2.66. The van der Waals surface area contributed by atoms with Crippen LogP contribution in [0, 0.1) is 50.7 Å². The standard InChI is InChI=1S/C40H56O5/c1-25(9-10-27-11-13-28(41)14-12-27)45-32-18-19-36(5)30(35(32,3)4)17-20-38(7)31(36)16-15-29-33-26(2)39(8,44)22-24-40(33,34(42)43)23-21-37(29,38)6/h9-15,26,30-33,41,44H,1,16-24H2,2-8H3,(H,42,43)/b10-9-/t26-,30?,31?,32+,33+,36+,37-,38-,39+,40-/m1/s1. The number of benzene rings is 1. The van der Waals surface area contributed by atoms with E-state index in [0.29, 0.717) is 36.9 Å². The first-order valence-electron chi connectivity index (χ1n) is 17.4. The highest BCUT2D eigenvalue weighted by atomic mass is 16.5. The van der Waals surface area contributed by atoms with Crippen molar-refractivity contribution in [2.75, 3.05) is 0 Å². The van der Waals surface area contributed by atoms with Crippen LogP contribution >= 0.6 is 0 Å². The fourth-order valence-corrected chi connectivity index (χ4v) is 12.0. The van der Waals surface area contributed by atoms with E-state index in [0.717, 1.165) is 44.1 Å². The number of allylic oxidation sites excluding steroid dienone is 3. The molecule has 6 rings (SSSR count). The number of carboxylic acid groups (broad SMARTS) is 1. The third-order valence-corrected chi connectivity index (χ3v) is 15.1. The van der Waals surface area contributed by atoms with E-state index in [1.165, 1.54) is 5.57 Å². The number of fused-ring (bicyclic) bond motifs is 7. The molecular formula is C40H56O5. The van der Waals surface area contributed by atoms with Crippen molar-refractivity contribution in [3.05, 3.63) is 59.9 Å². The molecule has 4 fully saturated rings. The molecule has 5 heteroatoms. The number of aliphatic hydroxyl groups is 1. The molecule has 246 valence electrons. The SMILES string of the molecule is C=C(/C=C\c1ccc(O)cc1)O[C@H]1CC[C@@]2(C)C(CC[C@]3(C)C2CC=C2[C@@H]4[C@@H](C)[C@@](C)(O)CC[C@]4(C(=O)O)CC[C@]23C)C1(C)C. The molecule has 2 unspecified atom stereocenters. The van der Waals surface area contributed by atoms with Crippen molar-refractivity contribution in [1.29, 1.82) is 0 Å². The van der Waals surface area contributed by atoms with Crippen molar-refractivity contribution in [2.45, 2.75) is 118 Å². The van der Waals surface area contributed by atoms with E-state index in [-0.39, 0.29) is 45.3 Å². The average molecular weight is 617 g/mol. The number of rotatable bonds is 5. The molecule has 0 aliphatic heterocycles. The van der Waals surface area contributed by atoms with Gasteiger partial charge in [-0.05, 0) is 122 Å². The minimum atomic E-state index is -0.851. The molecule has 0 amide bonds. The summed E-state index contributed by atoms with van der Waals surface area (Å²) in [6.45, 7) is 20.6. The molecule has 5 aliphatic rings. The van der Waals surface area contributed by atoms with E-state index < -0.39 is 17.0 Å². The van der Waals surface area contributed by atoms with Gasteiger partial charge in [0.2, 0.25) is 0 Å². The first kappa shape index (κ1) is 32.4. The van der Waals surface area contributed by atoms with Crippen LogP contribution in [-0.4, -0.2) is 33.0 Å². The molecule has 0 saturated heterocycles. The molecule has 45 heavy (non-hydrogen) atoms. The summed E-state index contributed by atoms with van der Waals surface area (Å²) in [7, 11) is 0. The topological polar surface area (TPSA) is 87.0 Å². The highest BCUT2D eigenvalue weighted by Crippen LogP contribution is 2.76. The van der Waals surface area contributed by atoms with Crippen LogP contribution in [0.2, 0.25) is 0 Å². The molecule has 5 nitrogen and oxygen atoms in total. The molecule has 10 atom stereocenters. The lowest BCUT2D eigenvalue weighted by molar-refractivity contribution is -0.212. The van der Waals surface area contributed by atoms with E-state index in [1.807, 2.05) is 31.2 Å². The van der Waals surface area contributed by atoms with E-state index in [9.17, 15) is 20.1 Å². The van der Waals surface area contributed by atoms with Gasteiger partial charge in [0.05, 0.1) is 11.0 Å². The number of carboxylic acids is 1. The van der Waals surface area contributed by atoms with Crippen molar-refractivity contribution in [2.24, 2.45) is 50.7 Å². The van der Waals surface area contributed by atoms with Crippen LogP contribution in [0.3, 0.4) is 0 Å². The number of phenols is 1. The van der Waals surface area contributed by atoms with Crippen LogP contribution < -0.4 is 0 Å². The molecule has 0 heterocycles. The average Bonchev–Trinajstić information content (AvgIpc) is 2.96. The van der Waals surface area contributed by atoms with Crippen molar-refractivity contribution in [3.63, 3.8) is 0 Å². The van der Waals surface area contributed by atoms with E-state index >= 15 is 0 Å². The molecule has 1 aromatic carbocycles. The van der Waals surface area contributed by atoms with E-state index in [2.05, 4.69) is 54.2 Å². The first-order chi connectivity index (χ1) is 20.9. The summed E-state index contributed by atoms with van der Waals surface area (Å²) < 4.78 is 6.62. The normalized spacial score (nSPS) is 45.3. The van der Waals surface area contributed by atoms with Gasteiger partial charge in [0.25, 0.3) is 0 Å². The second kappa shape index (κ2) is 10.5. The number of carbonyl (C=O) groups is 1. The molecule has 0 bridgehead atoms. The minimum absolute atomic E-state index is 0.0316. The van der Waals surface area contributed by atoms with E-state index in [1.54, 1.807) is 12.1 Å². The quantitative estimate of drug-likeness (QED) is 0.174. The van der Waals surface area contributed by atoms with Gasteiger partial charge in [-0.3, -0.25) is 4.79 Å². The summed E-state index contributed by atoms with van der Waals surface area (Å²) in [4.78, 5) is 13.0. The Morgan fingerprint density at radius 1 is 0.933 bits per heavy atom.